The molecule has 0 rings (SSSR count). The molecule has 1 atom stereocenters. The predicted octanol–water partition coefficient (Wildman–Crippen LogP) is 4.91. The monoisotopic (exact) mass is 406 g/mol. The fraction of sp³-hybridized carbons (Fsp3) is 0.882. The summed E-state index contributed by atoms with van der Waals surface area (Å²) in [6, 6.07) is 0. The Labute approximate surface area is 157 Å². The lowest BCUT2D eigenvalue weighted by atomic mass is 10.1. The highest BCUT2D eigenvalue weighted by atomic mass is 28.4. The topological polar surface area (TPSA) is 61.8 Å². The van der Waals surface area contributed by atoms with Crippen molar-refractivity contribution in [1.82, 2.24) is 0 Å². The molecule has 0 aromatic heterocycles. The van der Waals surface area contributed by atoms with Crippen LogP contribution in [0, 0.1) is 0 Å². The standard InChI is InChI=1S/C17H38O5Si3/c1-23(2,3)20-15(14-17(19)22-25(7,8)9)12-10-11-13-16(18)21-24(4,5)6/h15H,10-14H2,1-9H3. The van der Waals surface area contributed by atoms with Gasteiger partial charge < -0.3 is 13.3 Å². The van der Waals surface area contributed by atoms with Crippen molar-refractivity contribution in [2.45, 2.75) is 97.1 Å². The molecule has 0 saturated carbocycles. The summed E-state index contributed by atoms with van der Waals surface area (Å²) < 4.78 is 17.2. The molecule has 0 radical (unpaired) electrons. The molecule has 0 aliphatic heterocycles. The van der Waals surface area contributed by atoms with Crippen molar-refractivity contribution in [2.75, 3.05) is 0 Å². The molecule has 0 amide bonds. The fourth-order valence-electron chi connectivity index (χ4n) is 2.31. The van der Waals surface area contributed by atoms with Gasteiger partial charge in [0.2, 0.25) is 16.6 Å². The van der Waals surface area contributed by atoms with Crippen molar-refractivity contribution in [1.29, 1.82) is 0 Å². The van der Waals surface area contributed by atoms with E-state index in [9.17, 15) is 9.59 Å². The van der Waals surface area contributed by atoms with Gasteiger partial charge in [-0.1, -0.05) is 6.42 Å². The van der Waals surface area contributed by atoms with Crippen molar-refractivity contribution in [3.63, 3.8) is 0 Å². The fourth-order valence-corrected chi connectivity index (χ4v) is 5.06. The molecule has 0 aromatic carbocycles. The van der Waals surface area contributed by atoms with Crippen molar-refractivity contribution in [3.05, 3.63) is 0 Å². The summed E-state index contributed by atoms with van der Waals surface area (Å²) in [6.45, 7) is 18.4. The van der Waals surface area contributed by atoms with Gasteiger partial charge in [0.05, 0.1) is 12.5 Å². The summed E-state index contributed by atoms with van der Waals surface area (Å²) in [7, 11) is -5.42. The van der Waals surface area contributed by atoms with Gasteiger partial charge in [-0.3, -0.25) is 9.59 Å². The van der Waals surface area contributed by atoms with Crippen LogP contribution in [0.25, 0.3) is 0 Å². The van der Waals surface area contributed by atoms with E-state index in [1.54, 1.807) is 0 Å². The Morgan fingerprint density at radius 1 is 0.720 bits per heavy atom. The molecule has 25 heavy (non-hydrogen) atoms. The van der Waals surface area contributed by atoms with E-state index < -0.39 is 25.0 Å². The van der Waals surface area contributed by atoms with Crippen LogP contribution in [0.2, 0.25) is 58.9 Å². The number of rotatable bonds is 11. The van der Waals surface area contributed by atoms with E-state index in [2.05, 4.69) is 19.6 Å². The normalized spacial score (nSPS) is 14.1. The van der Waals surface area contributed by atoms with Crippen LogP contribution in [-0.4, -0.2) is 43.0 Å². The zero-order valence-corrected chi connectivity index (χ0v) is 20.7. The van der Waals surface area contributed by atoms with Gasteiger partial charge in [0.1, 0.15) is 0 Å². The molecular formula is C17H38O5Si3. The Bertz CT molecular complexity index is 433. The molecular weight excluding hydrogens is 368 g/mol. The van der Waals surface area contributed by atoms with Crippen LogP contribution in [0.5, 0.6) is 0 Å². The van der Waals surface area contributed by atoms with Crippen LogP contribution < -0.4 is 0 Å². The maximum Gasteiger partial charge on any atom is 0.295 e. The van der Waals surface area contributed by atoms with Crippen molar-refractivity contribution >= 4 is 36.9 Å². The Kier molecular flexibility index (Phi) is 9.85. The molecule has 148 valence electrons. The minimum absolute atomic E-state index is 0.111. The van der Waals surface area contributed by atoms with Crippen LogP contribution in [-0.2, 0) is 22.9 Å². The second kappa shape index (κ2) is 10.0. The summed E-state index contributed by atoms with van der Waals surface area (Å²) in [4.78, 5) is 23.9. The van der Waals surface area contributed by atoms with Crippen LogP contribution >= 0.6 is 0 Å². The van der Waals surface area contributed by atoms with Gasteiger partial charge in [0.15, 0.2) is 8.32 Å². The van der Waals surface area contributed by atoms with Gasteiger partial charge in [-0.2, -0.15) is 0 Å². The molecule has 5 nitrogen and oxygen atoms in total. The Hall–Kier alpha value is -0.449. The van der Waals surface area contributed by atoms with Crippen molar-refractivity contribution in [3.8, 4) is 0 Å². The van der Waals surface area contributed by atoms with Gasteiger partial charge in [-0.05, 0) is 71.8 Å². The SMILES string of the molecule is C[Si](C)(C)OC(=O)CCCCC(CC(=O)O[Si](C)(C)C)O[Si](C)(C)C. The van der Waals surface area contributed by atoms with E-state index >= 15 is 0 Å². The lowest BCUT2D eigenvalue weighted by Crippen LogP contribution is -2.36. The molecule has 0 fully saturated rings. The molecule has 0 saturated heterocycles. The van der Waals surface area contributed by atoms with E-state index in [4.69, 9.17) is 13.3 Å². The zero-order chi connectivity index (χ0) is 19.9. The van der Waals surface area contributed by atoms with Gasteiger partial charge in [0, 0.05) is 6.42 Å². The molecule has 1 unspecified atom stereocenters. The minimum atomic E-state index is -1.87. The van der Waals surface area contributed by atoms with Gasteiger partial charge in [-0.15, -0.1) is 0 Å². The molecule has 0 spiro atoms. The molecule has 0 bridgehead atoms. The lowest BCUT2D eigenvalue weighted by Gasteiger charge is -2.27. The summed E-state index contributed by atoms with van der Waals surface area (Å²) in [6.07, 6.45) is 2.99. The summed E-state index contributed by atoms with van der Waals surface area (Å²) in [5.74, 6) is -0.277. The Morgan fingerprint density at radius 3 is 1.64 bits per heavy atom. The smallest absolute Gasteiger partial charge is 0.295 e. The van der Waals surface area contributed by atoms with E-state index in [1.165, 1.54) is 0 Å². The van der Waals surface area contributed by atoms with E-state index in [0.717, 1.165) is 19.3 Å². The highest BCUT2D eigenvalue weighted by Gasteiger charge is 2.26. The number of hydrogen-bond acceptors (Lipinski definition) is 5. The van der Waals surface area contributed by atoms with Crippen molar-refractivity contribution < 1.29 is 22.9 Å². The average molecular weight is 407 g/mol. The van der Waals surface area contributed by atoms with Crippen LogP contribution in [0.4, 0.5) is 0 Å². The third-order valence-electron chi connectivity index (χ3n) is 2.91. The average Bonchev–Trinajstić information content (AvgIpc) is 2.27. The van der Waals surface area contributed by atoms with Crippen molar-refractivity contribution in [2.24, 2.45) is 0 Å². The first-order valence-corrected chi connectivity index (χ1v) is 19.4. The van der Waals surface area contributed by atoms with Crippen LogP contribution in [0.15, 0.2) is 0 Å². The molecule has 0 N–H and O–H groups in total. The quantitative estimate of drug-likeness (QED) is 0.360. The summed E-state index contributed by atoms with van der Waals surface area (Å²) in [5.41, 5.74) is 0. The Morgan fingerprint density at radius 2 is 1.20 bits per heavy atom. The molecule has 0 aromatic rings. The number of hydrogen-bond donors (Lipinski definition) is 0. The maximum absolute atomic E-state index is 12.1. The first-order chi connectivity index (χ1) is 11.1. The van der Waals surface area contributed by atoms with Crippen LogP contribution in [0.1, 0.15) is 32.1 Å². The zero-order valence-electron chi connectivity index (χ0n) is 17.7. The third-order valence-corrected chi connectivity index (χ3v) is 5.63. The predicted molar refractivity (Wildman–Crippen MR) is 110 cm³/mol. The molecule has 0 aliphatic rings. The largest absolute Gasteiger partial charge is 0.520 e. The van der Waals surface area contributed by atoms with E-state index in [0.29, 0.717) is 12.8 Å². The first kappa shape index (κ1) is 24.6. The summed E-state index contributed by atoms with van der Waals surface area (Å²) in [5, 5.41) is 0. The highest BCUT2D eigenvalue weighted by molar-refractivity contribution is 6.71. The maximum atomic E-state index is 12.1. The van der Waals surface area contributed by atoms with E-state index in [-0.39, 0.29) is 18.0 Å². The Balaban J connectivity index is 4.41. The molecule has 0 aliphatic carbocycles. The lowest BCUT2D eigenvalue weighted by molar-refractivity contribution is -0.137. The third kappa shape index (κ3) is 16.8. The van der Waals surface area contributed by atoms with Gasteiger partial charge >= 0.3 is 0 Å². The molecule has 0 heterocycles. The van der Waals surface area contributed by atoms with E-state index in [1.807, 2.05) is 39.3 Å². The highest BCUT2D eigenvalue weighted by Crippen LogP contribution is 2.18. The second-order valence-electron chi connectivity index (χ2n) is 9.48. The van der Waals surface area contributed by atoms with Gasteiger partial charge in [0.25, 0.3) is 11.9 Å². The number of carbonyl (C=O) groups excluding carboxylic acids is 2. The van der Waals surface area contributed by atoms with Gasteiger partial charge in [-0.25, -0.2) is 0 Å². The summed E-state index contributed by atoms with van der Waals surface area (Å²) >= 11 is 0. The second-order valence-corrected chi connectivity index (χ2v) is 22.8. The number of unbranched alkanes of at least 4 members (excludes halogenated alkanes) is 1. The minimum Gasteiger partial charge on any atom is -0.520 e. The van der Waals surface area contributed by atoms with Crippen LogP contribution in [0.3, 0.4) is 0 Å². The number of carbonyl (C=O) groups is 2. The first-order valence-electron chi connectivity index (χ1n) is 9.19. The molecule has 8 heteroatoms.